The number of ether oxygens (including phenoxy) is 3. The van der Waals surface area contributed by atoms with Crippen LogP contribution in [0.3, 0.4) is 0 Å². The van der Waals surface area contributed by atoms with Crippen molar-refractivity contribution in [3.8, 4) is 22.9 Å². The fourth-order valence-electron chi connectivity index (χ4n) is 3.73. The van der Waals surface area contributed by atoms with E-state index in [-0.39, 0.29) is 5.56 Å². The first kappa shape index (κ1) is 18.0. The van der Waals surface area contributed by atoms with Crippen molar-refractivity contribution in [2.24, 2.45) is 0 Å². The molecule has 0 fully saturated rings. The summed E-state index contributed by atoms with van der Waals surface area (Å²) in [7, 11) is 4.61. The van der Waals surface area contributed by atoms with Gasteiger partial charge in [0, 0.05) is 24.5 Å². The molecule has 8 heteroatoms. The van der Waals surface area contributed by atoms with Gasteiger partial charge in [0.1, 0.15) is 0 Å². The molecule has 0 saturated heterocycles. The van der Waals surface area contributed by atoms with Gasteiger partial charge in [0.2, 0.25) is 11.5 Å². The molecule has 0 saturated carbocycles. The van der Waals surface area contributed by atoms with Gasteiger partial charge in [0.05, 0.1) is 49.0 Å². The number of fused-ring (bicyclic) bond motifs is 5. The minimum absolute atomic E-state index is 0.214. The Labute approximate surface area is 170 Å². The van der Waals surface area contributed by atoms with Gasteiger partial charge < -0.3 is 14.2 Å². The molecule has 0 bridgehead atoms. The summed E-state index contributed by atoms with van der Waals surface area (Å²) in [6.45, 7) is 0. The lowest BCUT2D eigenvalue weighted by Crippen LogP contribution is -2.19. The second kappa shape index (κ2) is 6.77. The zero-order valence-electron chi connectivity index (χ0n) is 16.6. The van der Waals surface area contributed by atoms with Crippen LogP contribution in [-0.2, 0) is 0 Å². The molecule has 30 heavy (non-hydrogen) atoms. The summed E-state index contributed by atoms with van der Waals surface area (Å²) in [5, 5.41) is 0.474. The molecule has 150 valence electrons. The minimum atomic E-state index is -0.214. The minimum Gasteiger partial charge on any atom is -0.493 e. The molecule has 2 aromatic carbocycles. The fourth-order valence-corrected chi connectivity index (χ4v) is 3.73. The molecule has 5 rings (SSSR count). The first-order chi connectivity index (χ1) is 14.7. The Morgan fingerprint density at radius 3 is 2.33 bits per heavy atom. The average molecular weight is 402 g/mol. The van der Waals surface area contributed by atoms with E-state index in [4.69, 9.17) is 14.2 Å². The maximum absolute atomic E-state index is 13.4. The number of para-hydroxylation sites is 2. The van der Waals surface area contributed by atoms with Crippen LogP contribution < -0.4 is 19.8 Å². The maximum Gasteiger partial charge on any atom is 0.266 e. The summed E-state index contributed by atoms with van der Waals surface area (Å²) in [6.07, 6.45) is 3.28. The van der Waals surface area contributed by atoms with Crippen molar-refractivity contribution in [2.75, 3.05) is 21.3 Å². The van der Waals surface area contributed by atoms with E-state index in [2.05, 4.69) is 9.97 Å². The standard InChI is InChI=1S/C22H18N4O4/c1-28-18-10-13(11-19(29-2)20(18)30-3)25-9-8-16-14(21(25)27)12-23-22-24-15-6-4-5-7-17(15)26(16)22/h4-12H,1-3H3. The molecule has 8 nitrogen and oxygen atoms in total. The predicted molar refractivity (Wildman–Crippen MR) is 113 cm³/mol. The van der Waals surface area contributed by atoms with E-state index in [1.165, 1.54) is 25.9 Å². The zero-order valence-corrected chi connectivity index (χ0v) is 16.6. The molecule has 0 atom stereocenters. The molecule has 0 aliphatic heterocycles. The molecule has 0 aliphatic rings. The van der Waals surface area contributed by atoms with Crippen LogP contribution in [0.2, 0.25) is 0 Å². The molecule has 0 unspecified atom stereocenters. The third-order valence-corrected chi connectivity index (χ3v) is 5.13. The Kier molecular flexibility index (Phi) is 4.06. The summed E-state index contributed by atoms with van der Waals surface area (Å²) in [5.74, 6) is 1.94. The Morgan fingerprint density at radius 1 is 0.900 bits per heavy atom. The Morgan fingerprint density at radius 2 is 1.63 bits per heavy atom. The summed E-state index contributed by atoms with van der Waals surface area (Å²) in [5.41, 5.74) is 2.84. The SMILES string of the molecule is COc1cc(-n2ccc3c(cnc4nc5ccccc5n43)c2=O)cc(OC)c1OC. The van der Waals surface area contributed by atoms with E-state index < -0.39 is 0 Å². The quantitative estimate of drug-likeness (QED) is 0.459. The first-order valence-electron chi connectivity index (χ1n) is 9.24. The highest BCUT2D eigenvalue weighted by molar-refractivity contribution is 5.88. The van der Waals surface area contributed by atoms with Crippen LogP contribution in [0.15, 0.2) is 59.7 Å². The molecule has 3 aromatic heterocycles. The highest BCUT2D eigenvalue weighted by atomic mass is 16.5. The topological polar surface area (TPSA) is 79.9 Å². The highest BCUT2D eigenvalue weighted by Gasteiger charge is 2.17. The molecule has 0 aliphatic carbocycles. The number of aromatic nitrogens is 4. The first-order valence-corrected chi connectivity index (χ1v) is 9.24. The van der Waals surface area contributed by atoms with E-state index in [0.717, 1.165) is 16.6 Å². The van der Waals surface area contributed by atoms with Gasteiger partial charge in [-0.05, 0) is 18.2 Å². The highest BCUT2D eigenvalue weighted by Crippen LogP contribution is 2.39. The van der Waals surface area contributed by atoms with Crippen LogP contribution in [-0.4, -0.2) is 40.3 Å². The second-order valence-electron chi connectivity index (χ2n) is 6.67. The van der Waals surface area contributed by atoms with Crippen molar-refractivity contribution >= 4 is 27.7 Å². The van der Waals surface area contributed by atoms with Crippen molar-refractivity contribution in [2.45, 2.75) is 0 Å². The van der Waals surface area contributed by atoms with E-state index in [1.807, 2.05) is 34.7 Å². The predicted octanol–water partition coefficient (Wildman–Crippen LogP) is 3.21. The van der Waals surface area contributed by atoms with Gasteiger partial charge in [-0.25, -0.2) is 9.97 Å². The lowest BCUT2D eigenvalue weighted by Gasteiger charge is -2.15. The third kappa shape index (κ3) is 2.50. The number of hydrogen-bond donors (Lipinski definition) is 0. The number of pyridine rings is 1. The van der Waals surface area contributed by atoms with Crippen LogP contribution >= 0.6 is 0 Å². The number of hydrogen-bond acceptors (Lipinski definition) is 6. The van der Waals surface area contributed by atoms with Gasteiger partial charge in [0.15, 0.2) is 11.5 Å². The van der Waals surface area contributed by atoms with Crippen molar-refractivity contribution in [3.05, 3.63) is 65.2 Å². The van der Waals surface area contributed by atoms with Crippen molar-refractivity contribution in [3.63, 3.8) is 0 Å². The van der Waals surface area contributed by atoms with E-state index >= 15 is 0 Å². The van der Waals surface area contributed by atoms with Gasteiger partial charge in [-0.2, -0.15) is 0 Å². The second-order valence-corrected chi connectivity index (χ2v) is 6.67. The van der Waals surface area contributed by atoms with Gasteiger partial charge in [0.25, 0.3) is 5.56 Å². The van der Waals surface area contributed by atoms with Crippen LogP contribution in [0.25, 0.3) is 33.4 Å². The molecule has 5 aromatic rings. The Hall–Kier alpha value is -4.07. The van der Waals surface area contributed by atoms with Crippen LogP contribution in [0.4, 0.5) is 0 Å². The third-order valence-electron chi connectivity index (χ3n) is 5.13. The van der Waals surface area contributed by atoms with Crippen LogP contribution in [0.5, 0.6) is 17.2 Å². The maximum atomic E-state index is 13.4. The molecule has 0 N–H and O–H groups in total. The largest absolute Gasteiger partial charge is 0.493 e. The summed E-state index contributed by atoms with van der Waals surface area (Å²) < 4.78 is 19.6. The average Bonchev–Trinajstić information content (AvgIpc) is 3.17. The van der Waals surface area contributed by atoms with Gasteiger partial charge >= 0.3 is 0 Å². The van der Waals surface area contributed by atoms with Crippen LogP contribution in [0, 0.1) is 0 Å². The lowest BCUT2D eigenvalue weighted by atomic mass is 10.2. The smallest absolute Gasteiger partial charge is 0.266 e. The van der Waals surface area contributed by atoms with Crippen LogP contribution in [0.1, 0.15) is 0 Å². The fraction of sp³-hybridized carbons (Fsp3) is 0.136. The Balaban J connectivity index is 1.80. The molecule has 3 heterocycles. The molecular weight excluding hydrogens is 384 g/mol. The van der Waals surface area contributed by atoms with Gasteiger partial charge in [-0.15, -0.1) is 0 Å². The zero-order chi connectivity index (χ0) is 20.8. The van der Waals surface area contributed by atoms with Crippen molar-refractivity contribution in [1.82, 2.24) is 18.9 Å². The number of nitrogens with zero attached hydrogens (tertiary/aromatic N) is 4. The summed E-state index contributed by atoms with van der Waals surface area (Å²) in [6, 6.07) is 13.1. The van der Waals surface area contributed by atoms with Gasteiger partial charge in [-0.3, -0.25) is 13.8 Å². The molecule has 0 radical (unpaired) electrons. The Bertz CT molecular complexity index is 1460. The molecule has 0 spiro atoms. The van der Waals surface area contributed by atoms with E-state index in [9.17, 15) is 4.79 Å². The number of methoxy groups -OCH3 is 3. The number of benzene rings is 2. The summed E-state index contributed by atoms with van der Waals surface area (Å²) in [4.78, 5) is 22.3. The lowest BCUT2D eigenvalue weighted by molar-refractivity contribution is 0.324. The number of imidazole rings is 1. The molecule has 0 amide bonds. The normalized spacial score (nSPS) is 11.3. The monoisotopic (exact) mass is 402 g/mol. The molecular formula is C22H18N4O4. The summed E-state index contributed by atoms with van der Waals surface area (Å²) >= 11 is 0. The van der Waals surface area contributed by atoms with Crippen molar-refractivity contribution in [1.29, 1.82) is 0 Å². The van der Waals surface area contributed by atoms with E-state index in [0.29, 0.717) is 34.1 Å². The van der Waals surface area contributed by atoms with E-state index in [1.54, 1.807) is 24.5 Å². The van der Waals surface area contributed by atoms with Crippen molar-refractivity contribution < 1.29 is 14.2 Å². The number of rotatable bonds is 4. The van der Waals surface area contributed by atoms with Gasteiger partial charge in [-0.1, -0.05) is 12.1 Å².